The van der Waals surface area contributed by atoms with Gasteiger partial charge in [0.15, 0.2) is 5.75 Å². The second kappa shape index (κ2) is 6.25. The molecule has 0 saturated carbocycles. The van der Waals surface area contributed by atoms with Gasteiger partial charge in [0.1, 0.15) is 6.61 Å². The van der Waals surface area contributed by atoms with Crippen LogP contribution in [0.25, 0.3) is 0 Å². The lowest BCUT2D eigenvalue weighted by Crippen LogP contribution is -2.01. The third-order valence-electron chi connectivity index (χ3n) is 2.94. The molecule has 0 fully saturated rings. The Labute approximate surface area is 126 Å². The molecule has 5 nitrogen and oxygen atoms in total. The summed E-state index contributed by atoms with van der Waals surface area (Å²) in [5.74, 6) is 0.225. The van der Waals surface area contributed by atoms with Crippen molar-refractivity contribution in [3.8, 4) is 11.8 Å². The van der Waals surface area contributed by atoms with Gasteiger partial charge in [0.2, 0.25) is 0 Å². The van der Waals surface area contributed by atoms with E-state index in [-0.39, 0.29) is 18.0 Å². The molecule has 0 heterocycles. The maximum atomic E-state index is 11.0. The number of nitro benzene ring substituents is 1. The van der Waals surface area contributed by atoms with Crippen molar-refractivity contribution in [1.29, 1.82) is 5.26 Å². The molecule has 2 rings (SSSR count). The number of aryl methyl sites for hydroxylation is 1. The number of rotatable bonds is 4. The Morgan fingerprint density at radius 1 is 1.38 bits per heavy atom. The van der Waals surface area contributed by atoms with E-state index >= 15 is 0 Å². The first-order chi connectivity index (χ1) is 10.0. The van der Waals surface area contributed by atoms with Crippen LogP contribution in [-0.2, 0) is 6.61 Å². The fourth-order valence-electron chi connectivity index (χ4n) is 1.85. The van der Waals surface area contributed by atoms with Crippen LogP contribution in [0.2, 0.25) is 5.02 Å². The normalized spacial score (nSPS) is 9.95. The fraction of sp³-hybridized carbons (Fsp3) is 0.133. The number of para-hydroxylation sites is 1. The Bertz CT molecular complexity index is 738. The molecule has 0 spiro atoms. The summed E-state index contributed by atoms with van der Waals surface area (Å²) in [5, 5.41) is 20.2. The van der Waals surface area contributed by atoms with Gasteiger partial charge in [0.25, 0.3) is 0 Å². The summed E-state index contributed by atoms with van der Waals surface area (Å²) in [4.78, 5) is 10.5. The summed E-state index contributed by atoms with van der Waals surface area (Å²) in [6.07, 6.45) is 0. The van der Waals surface area contributed by atoms with Crippen LogP contribution in [0.3, 0.4) is 0 Å². The first kappa shape index (κ1) is 14.8. The zero-order chi connectivity index (χ0) is 15.4. The van der Waals surface area contributed by atoms with Crippen LogP contribution in [0, 0.1) is 28.4 Å². The molecule has 2 aromatic rings. The van der Waals surface area contributed by atoms with E-state index in [1.165, 1.54) is 12.1 Å². The molecule has 0 aliphatic carbocycles. The van der Waals surface area contributed by atoms with E-state index in [0.29, 0.717) is 21.7 Å². The van der Waals surface area contributed by atoms with Crippen LogP contribution in [0.1, 0.15) is 16.7 Å². The van der Waals surface area contributed by atoms with Crippen LogP contribution in [0.15, 0.2) is 36.4 Å². The van der Waals surface area contributed by atoms with Crippen molar-refractivity contribution < 1.29 is 9.66 Å². The van der Waals surface area contributed by atoms with Crippen LogP contribution < -0.4 is 4.74 Å². The van der Waals surface area contributed by atoms with Crippen molar-refractivity contribution in [2.75, 3.05) is 0 Å². The van der Waals surface area contributed by atoms with E-state index < -0.39 is 4.92 Å². The molecule has 0 aliphatic heterocycles. The molecular weight excluding hydrogens is 292 g/mol. The molecule has 0 N–H and O–H groups in total. The monoisotopic (exact) mass is 302 g/mol. The van der Waals surface area contributed by atoms with Gasteiger partial charge < -0.3 is 4.74 Å². The summed E-state index contributed by atoms with van der Waals surface area (Å²) < 4.78 is 5.56. The molecule has 0 saturated heterocycles. The number of benzene rings is 2. The predicted molar refractivity (Wildman–Crippen MR) is 78.3 cm³/mol. The number of nitrogens with zero attached hydrogens (tertiary/aromatic N) is 2. The first-order valence-electron chi connectivity index (χ1n) is 6.08. The molecular formula is C15H11ClN2O3. The van der Waals surface area contributed by atoms with Gasteiger partial charge in [-0.1, -0.05) is 29.8 Å². The van der Waals surface area contributed by atoms with Crippen LogP contribution in [-0.4, -0.2) is 4.92 Å². The topological polar surface area (TPSA) is 76.2 Å². The van der Waals surface area contributed by atoms with E-state index in [1.807, 2.05) is 6.07 Å². The largest absolute Gasteiger partial charge is 0.482 e. The average molecular weight is 303 g/mol. The SMILES string of the molecule is Cc1cccc([N+](=O)[O-])c1OCc1ccc(C#N)cc1Cl. The van der Waals surface area contributed by atoms with Gasteiger partial charge in [-0.05, 0) is 24.6 Å². The highest BCUT2D eigenvalue weighted by Gasteiger charge is 2.17. The maximum absolute atomic E-state index is 11.0. The molecule has 6 heteroatoms. The smallest absolute Gasteiger partial charge is 0.311 e. The summed E-state index contributed by atoms with van der Waals surface area (Å²) in [5.41, 5.74) is 1.70. The molecule has 0 amide bonds. The van der Waals surface area contributed by atoms with Gasteiger partial charge in [-0.25, -0.2) is 0 Å². The van der Waals surface area contributed by atoms with E-state index in [9.17, 15) is 10.1 Å². The maximum Gasteiger partial charge on any atom is 0.311 e. The van der Waals surface area contributed by atoms with Crippen LogP contribution >= 0.6 is 11.6 Å². The number of nitro groups is 1. The van der Waals surface area contributed by atoms with Crippen LogP contribution in [0.4, 0.5) is 5.69 Å². The molecule has 0 aromatic heterocycles. The first-order valence-corrected chi connectivity index (χ1v) is 6.46. The van der Waals surface area contributed by atoms with Gasteiger partial charge in [-0.2, -0.15) is 5.26 Å². The minimum atomic E-state index is -0.483. The van der Waals surface area contributed by atoms with E-state index in [4.69, 9.17) is 21.6 Å². The van der Waals surface area contributed by atoms with E-state index in [2.05, 4.69) is 0 Å². The molecule has 0 bridgehead atoms. The minimum Gasteiger partial charge on any atom is -0.482 e. The van der Waals surface area contributed by atoms with Gasteiger partial charge in [-0.3, -0.25) is 10.1 Å². The average Bonchev–Trinajstić information content (AvgIpc) is 2.46. The number of halogens is 1. The summed E-state index contributed by atoms with van der Waals surface area (Å²) in [6.45, 7) is 1.83. The Morgan fingerprint density at radius 2 is 2.14 bits per heavy atom. The highest BCUT2D eigenvalue weighted by Crippen LogP contribution is 2.31. The van der Waals surface area contributed by atoms with Gasteiger partial charge in [0.05, 0.1) is 16.6 Å². The van der Waals surface area contributed by atoms with E-state index in [0.717, 1.165) is 0 Å². The fourth-order valence-corrected chi connectivity index (χ4v) is 2.09. The minimum absolute atomic E-state index is 0.0835. The zero-order valence-corrected chi connectivity index (χ0v) is 11.9. The van der Waals surface area contributed by atoms with Gasteiger partial charge in [-0.15, -0.1) is 0 Å². The summed E-state index contributed by atoms with van der Waals surface area (Å²) in [7, 11) is 0. The Hall–Kier alpha value is -2.58. The molecule has 106 valence electrons. The van der Waals surface area contributed by atoms with E-state index in [1.54, 1.807) is 31.2 Å². The lowest BCUT2D eigenvalue weighted by atomic mass is 10.1. The molecule has 0 atom stereocenters. The van der Waals surface area contributed by atoms with Crippen molar-refractivity contribution in [2.24, 2.45) is 0 Å². The Morgan fingerprint density at radius 3 is 2.76 bits per heavy atom. The van der Waals surface area contributed by atoms with Gasteiger partial charge >= 0.3 is 5.69 Å². The second-order valence-corrected chi connectivity index (χ2v) is 4.79. The Balaban J connectivity index is 2.25. The highest BCUT2D eigenvalue weighted by atomic mass is 35.5. The second-order valence-electron chi connectivity index (χ2n) is 4.39. The lowest BCUT2D eigenvalue weighted by Gasteiger charge is -2.10. The molecule has 0 aliphatic rings. The number of hydrogen-bond acceptors (Lipinski definition) is 4. The summed E-state index contributed by atoms with van der Waals surface area (Å²) in [6, 6.07) is 11.6. The van der Waals surface area contributed by atoms with Crippen molar-refractivity contribution in [3.05, 3.63) is 68.2 Å². The van der Waals surface area contributed by atoms with Crippen molar-refractivity contribution in [1.82, 2.24) is 0 Å². The Kier molecular flexibility index (Phi) is 4.41. The lowest BCUT2D eigenvalue weighted by molar-refractivity contribution is -0.386. The molecule has 21 heavy (non-hydrogen) atoms. The standard InChI is InChI=1S/C15H11ClN2O3/c1-10-3-2-4-14(18(19)20)15(10)21-9-12-6-5-11(8-17)7-13(12)16/h2-7H,9H2,1H3. The number of hydrogen-bond donors (Lipinski definition) is 0. The van der Waals surface area contributed by atoms with Crippen molar-refractivity contribution in [3.63, 3.8) is 0 Å². The van der Waals surface area contributed by atoms with Crippen LogP contribution in [0.5, 0.6) is 5.75 Å². The third-order valence-corrected chi connectivity index (χ3v) is 3.29. The predicted octanol–water partition coefficient (Wildman–Crippen LogP) is 4.01. The van der Waals surface area contributed by atoms with Crippen molar-refractivity contribution >= 4 is 17.3 Å². The van der Waals surface area contributed by atoms with Crippen molar-refractivity contribution in [2.45, 2.75) is 13.5 Å². The molecule has 2 aromatic carbocycles. The molecule has 0 radical (unpaired) electrons. The quantitative estimate of drug-likeness (QED) is 0.631. The summed E-state index contributed by atoms with van der Waals surface area (Å²) >= 11 is 6.05. The van der Waals surface area contributed by atoms with Gasteiger partial charge in [0, 0.05) is 16.7 Å². The number of ether oxygens (including phenoxy) is 1. The number of nitriles is 1. The zero-order valence-electron chi connectivity index (χ0n) is 11.2. The highest BCUT2D eigenvalue weighted by molar-refractivity contribution is 6.31. The molecule has 0 unspecified atom stereocenters. The third kappa shape index (κ3) is 3.30.